The summed E-state index contributed by atoms with van der Waals surface area (Å²) in [7, 11) is -6.56. The normalized spacial score (nSPS) is 13.5. The molecule has 0 amide bonds. The average Bonchev–Trinajstić information content (AvgIpc) is 2.43. The molecule has 22 heavy (non-hydrogen) atoms. The van der Waals surface area contributed by atoms with Gasteiger partial charge in [-0.3, -0.25) is 0 Å². The second kappa shape index (κ2) is 5.49. The predicted molar refractivity (Wildman–Crippen MR) is 68.3 cm³/mol. The maximum atomic E-state index is 13.1. The first-order chi connectivity index (χ1) is 10.0. The Labute approximate surface area is 123 Å². The van der Waals surface area contributed by atoms with E-state index in [2.05, 4.69) is 4.74 Å². The summed E-state index contributed by atoms with van der Waals surface area (Å²) in [6.45, 7) is -0.983. The van der Waals surface area contributed by atoms with Crippen LogP contribution < -0.4 is 0 Å². The second-order valence-corrected chi connectivity index (χ2v) is 5.88. The lowest BCUT2D eigenvalue weighted by molar-refractivity contribution is -0.323. The highest BCUT2D eigenvalue weighted by Gasteiger charge is 2.63. The predicted octanol–water partition coefficient (Wildman–Crippen LogP) is 3.09. The van der Waals surface area contributed by atoms with Crippen LogP contribution in [-0.2, 0) is 21.5 Å². The molecule has 0 saturated carbocycles. The van der Waals surface area contributed by atoms with E-state index in [9.17, 15) is 30.5 Å². The van der Waals surface area contributed by atoms with Crippen molar-refractivity contribution < 1.29 is 35.3 Å². The molecule has 0 bridgehead atoms. The molecule has 0 aliphatic carbocycles. The number of hydrogen-bond donors (Lipinski definition) is 0. The third-order valence-electron chi connectivity index (χ3n) is 2.89. The molecule has 0 N–H and O–H groups in total. The van der Waals surface area contributed by atoms with E-state index in [-0.39, 0.29) is 5.56 Å². The molecular weight excluding hydrogens is 328 g/mol. The van der Waals surface area contributed by atoms with Crippen molar-refractivity contribution in [2.24, 2.45) is 0 Å². The van der Waals surface area contributed by atoms with Gasteiger partial charge in [0.05, 0.1) is 6.61 Å². The highest BCUT2D eigenvalue weighted by molar-refractivity contribution is 7.86. The van der Waals surface area contributed by atoms with Gasteiger partial charge in [0.2, 0.25) is 0 Å². The van der Waals surface area contributed by atoms with Gasteiger partial charge in [0.15, 0.2) is 10.1 Å². The number of fused-ring (bicyclic) bond motifs is 1. The lowest BCUT2D eigenvalue weighted by Crippen LogP contribution is -2.48. The van der Waals surface area contributed by atoms with Gasteiger partial charge in [0, 0.05) is 0 Å². The number of alkyl halides is 4. The highest BCUT2D eigenvalue weighted by Crippen LogP contribution is 2.39. The fourth-order valence-corrected chi connectivity index (χ4v) is 2.08. The monoisotopic (exact) mass is 337 g/mol. The van der Waals surface area contributed by atoms with Crippen LogP contribution in [-0.4, -0.2) is 24.3 Å². The topological polar surface area (TPSA) is 66.4 Å². The third-order valence-corrected chi connectivity index (χ3v) is 3.75. The maximum Gasteiger partial charge on any atom is 0.434 e. The minimum Gasteiger partial charge on any atom is -0.743 e. The van der Waals surface area contributed by atoms with Crippen LogP contribution in [0.1, 0.15) is 5.56 Å². The van der Waals surface area contributed by atoms with Gasteiger partial charge in [0.1, 0.15) is 0 Å². The Kier molecular flexibility index (Phi) is 4.16. The zero-order chi connectivity index (χ0) is 16.6. The number of rotatable bonds is 5. The molecule has 0 spiro atoms. The minimum atomic E-state index is -6.56. The van der Waals surface area contributed by atoms with Crippen LogP contribution >= 0.6 is 0 Å². The van der Waals surface area contributed by atoms with E-state index in [4.69, 9.17) is 0 Å². The van der Waals surface area contributed by atoms with Gasteiger partial charge in [0.25, 0.3) is 0 Å². The Morgan fingerprint density at radius 2 is 1.59 bits per heavy atom. The Bertz CT molecular complexity index is 789. The summed E-state index contributed by atoms with van der Waals surface area (Å²) < 4.78 is 86.4. The van der Waals surface area contributed by atoms with E-state index in [0.29, 0.717) is 5.39 Å². The highest BCUT2D eigenvalue weighted by atomic mass is 32.2. The van der Waals surface area contributed by atoms with Crippen LogP contribution in [0.5, 0.6) is 0 Å². The zero-order valence-electron chi connectivity index (χ0n) is 10.8. The van der Waals surface area contributed by atoms with Gasteiger partial charge in [-0.25, -0.2) is 8.42 Å². The Morgan fingerprint density at radius 3 is 2.18 bits per heavy atom. The summed E-state index contributed by atoms with van der Waals surface area (Å²) in [5.41, 5.74) is 0.123. The molecule has 2 rings (SSSR count). The van der Waals surface area contributed by atoms with Gasteiger partial charge in [-0.2, -0.15) is 17.6 Å². The van der Waals surface area contributed by atoms with Gasteiger partial charge in [-0.1, -0.05) is 36.4 Å². The van der Waals surface area contributed by atoms with Crippen molar-refractivity contribution in [3.63, 3.8) is 0 Å². The molecular formula is C13H9F4O4S-. The van der Waals surface area contributed by atoms with E-state index in [0.717, 1.165) is 5.39 Å². The van der Waals surface area contributed by atoms with Crippen LogP contribution in [0, 0.1) is 0 Å². The summed E-state index contributed by atoms with van der Waals surface area (Å²) in [4.78, 5) is 0. The number of benzene rings is 2. The largest absolute Gasteiger partial charge is 0.743 e. The zero-order valence-corrected chi connectivity index (χ0v) is 11.6. The molecule has 0 radical (unpaired) electrons. The first-order valence-corrected chi connectivity index (χ1v) is 7.28. The molecule has 0 saturated heterocycles. The van der Waals surface area contributed by atoms with E-state index in [1.165, 1.54) is 12.1 Å². The van der Waals surface area contributed by atoms with Crippen molar-refractivity contribution in [1.29, 1.82) is 0 Å². The molecule has 0 unspecified atom stereocenters. The SMILES string of the molecule is O=S(=O)([O-])C(F)(F)C(F)(F)OCc1ccc2ccccc2c1. The van der Waals surface area contributed by atoms with Crippen molar-refractivity contribution >= 4 is 20.9 Å². The lowest BCUT2D eigenvalue weighted by atomic mass is 10.1. The molecule has 0 aliphatic heterocycles. The van der Waals surface area contributed by atoms with Crippen molar-refractivity contribution in [2.75, 3.05) is 0 Å². The van der Waals surface area contributed by atoms with Gasteiger partial charge in [-0.15, -0.1) is 0 Å². The fourth-order valence-electron chi connectivity index (χ4n) is 1.73. The first kappa shape index (κ1) is 16.7. The Morgan fingerprint density at radius 1 is 1.00 bits per heavy atom. The van der Waals surface area contributed by atoms with Gasteiger partial charge >= 0.3 is 11.4 Å². The van der Waals surface area contributed by atoms with Gasteiger partial charge < -0.3 is 9.29 Å². The van der Waals surface area contributed by atoms with Crippen LogP contribution in [0.25, 0.3) is 10.8 Å². The summed E-state index contributed by atoms with van der Waals surface area (Å²) in [5, 5.41) is -4.39. The van der Waals surface area contributed by atoms with Gasteiger partial charge in [-0.05, 0) is 22.4 Å². The fraction of sp³-hybridized carbons (Fsp3) is 0.231. The standard InChI is InChI=1S/C13H10F4O4S/c14-12(15,13(16,17)22(18,19)20)21-8-9-5-6-10-3-1-2-4-11(10)7-9/h1-7H,8H2,(H,18,19,20)/p-1. The molecule has 0 atom stereocenters. The van der Waals surface area contributed by atoms with Crippen LogP contribution in [0.4, 0.5) is 17.6 Å². The van der Waals surface area contributed by atoms with Crippen molar-refractivity contribution in [3.05, 3.63) is 48.0 Å². The van der Waals surface area contributed by atoms with Crippen LogP contribution in [0.2, 0.25) is 0 Å². The molecule has 0 aromatic heterocycles. The van der Waals surface area contributed by atoms with Crippen molar-refractivity contribution in [1.82, 2.24) is 0 Å². The van der Waals surface area contributed by atoms with E-state index >= 15 is 0 Å². The lowest BCUT2D eigenvalue weighted by Gasteiger charge is -2.27. The Balaban J connectivity index is 2.20. The summed E-state index contributed by atoms with van der Waals surface area (Å²) in [6.07, 6.45) is -5.43. The van der Waals surface area contributed by atoms with Crippen LogP contribution in [0.15, 0.2) is 42.5 Å². The Hall–Kier alpha value is -1.71. The average molecular weight is 337 g/mol. The van der Waals surface area contributed by atoms with Crippen molar-refractivity contribution in [2.45, 2.75) is 18.0 Å². The summed E-state index contributed by atoms with van der Waals surface area (Å²) in [6, 6.07) is 11.2. The molecule has 2 aromatic carbocycles. The van der Waals surface area contributed by atoms with E-state index < -0.39 is 28.1 Å². The van der Waals surface area contributed by atoms with E-state index in [1.807, 2.05) is 0 Å². The molecule has 9 heteroatoms. The third kappa shape index (κ3) is 3.06. The molecule has 120 valence electrons. The molecule has 0 aliphatic rings. The van der Waals surface area contributed by atoms with Crippen molar-refractivity contribution in [3.8, 4) is 0 Å². The molecule has 4 nitrogen and oxygen atoms in total. The summed E-state index contributed by atoms with van der Waals surface area (Å²) in [5.74, 6) is 0. The maximum absolute atomic E-state index is 13.1. The van der Waals surface area contributed by atoms with E-state index in [1.54, 1.807) is 30.3 Å². The molecule has 0 heterocycles. The number of halogens is 4. The second-order valence-electron chi connectivity index (χ2n) is 4.46. The summed E-state index contributed by atoms with van der Waals surface area (Å²) >= 11 is 0. The first-order valence-electron chi connectivity index (χ1n) is 5.87. The molecule has 0 fully saturated rings. The smallest absolute Gasteiger partial charge is 0.434 e. The number of ether oxygens (including phenoxy) is 1. The minimum absolute atomic E-state index is 0.123. The number of hydrogen-bond acceptors (Lipinski definition) is 4. The van der Waals surface area contributed by atoms with Crippen LogP contribution in [0.3, 0.4) is 0 Å². The quantitative estimate of drug-likeness (QED) is 0.621. The molecule has 2 aromatic rings.